The van der Waals surface area contributed by atoms with Crippen molar-refractivity contribution in [3.8, 4) is 0 Å². The zero-order valence-electron chi connectivity index (χ0n) is 45.7. The van der Waals surface area contributed by atoms with Gasteiger partial charge in [0, 0.05) is 52.7 Å². The Kier molecular flexibility index (Phi) is 42.6. The molecular weight excluding hydrogens is 985 g/mol. The number of cyclic esters (lactones) is 4. The molecule has 2 rings (SSSR count). The van der Waals surface area contributed by atoms with Gasteiger partial charge in [0.1, 0.15) is 26.4 Å². The summed E-state index contributed by atoms with van der Waals surface area (Å²) in [5.41, 5.74) is 0. The number of carbonyl (C=O) groups is 10. The Balaban J connectivity index is 0.00000133. The van der Waals surface area contributed by atoms with E-state index in [-0.39, 0.29) is 51.2 Å². The normalized spacial score (nSPS) is 15.3. The van der Waals surface area contributed by atoms with Crippen LogP contribution in [0.3, 0.4) is 0 Å². The molecule has 0 aliphatic carbocycles. The van der Waals surface area contributed by atoms with Crippen LogP contribution in [0.5, 0.6) is 0 Å². The van der Waals surface area contributed by atoms with E-state index < -0.39 is 71.8 Å². The van der Waals surface area contributed by atoms with Crippen molar-refractivity contribution < 1.29 is 85.8 Å². The number of carbonyl (C=O) groups excluding carboxylic acids is 10. The maximum absolute atomic E-state index is 12.1. The van der Waals surface area contributed by atoms with Crippen LogP contribution in [0.1, 0.15) is 170 Å². The molecule has 0 spiro atoms. The molecule has 424 valence electrons. The molecule has 18 nitrogen and oxygen atoms in total. The highest BCUT2D eigenvalue weighted by Crippen LogP contribution is 2.30. The van der Waals surface area contributed by atoms with Gasteiger partial charge >= 0.3 is 59.7 Å². The lowest BCUT2D eigenvalue weighted by molar-refractivity contribution is -0.164. The molecule has 0 N–H and O–H groups in total. The maximum Gasteiger partial charge on any atom is 0.338 e. The SMILES string of the molecule is CC/C=C/C/C=C/C/C=C/CCCCCCCC(=O)OCC(COC(C)=O)OC(C)=O.CC/C=C/C/C=C/C=C/C(CCCCCCCC(=O)OCC(COC(C)=O)OC(C)=O)C1CC(=O)OC1=O.O=C1C=CC(=O)O1. The lowest BCUT2D eigenvalue weighted by Crippen LogP contribution is -2.29. The Morgan fingerprint density at radius 1 is 0.513 bits per heavy atom. The highest BCUT2D eigenvalue weighted by atomic mass is 16.6. The van der Waals surface area contributed by atoms with Gasteiger partial charge in [-0.1, -0.05) is 132 Å². The number of esters is 10. The summed E-state index contributed by atoms with van der Waals surface area (Å²) in [7, 11) is 0. The Labute approximate surface area is 449 Å². The zero-order chi connectivity index (χ0) is 56.6. The van der Waals surface area contributed by atoms with Gasteiger partial charge in [0.2, 0.25) is 0 Å². The molecule has 4 unspecified atom stereocenters. The monoisotopic (exact) mass is 1070 g/mol. The summed E-state index contributed by atoms with van der Waals surface area (Å²) >= 11 is 0. The van der Waals surface area contributed by atoms with Crippen LogP contribution in [0.4, 0.5) is 0 Å². The highest BCUT2D eigenvalue weighted by Gasteiger charge is 2.37. The molecule has 18 heteroatoms. The van der Waals surface area contributed by atoms with Crippen molar-refractivity contribution in [3.63, 3.8) is 0 Å². The fourth-order valence-corrected chi connectivity index (χ4v) is 6.97. The van der Waals surface area contributed by atoms with Gasteiger partial charge in [-0.15, -0.1) is 0 Å². The Hall–Kier alpha value is -6.72. The van der Waals surface area contributed by atoms with Gasteiger partial charge in [-0.05, 0) is 70.1 Å². The molecule has 1 saturated heterocycles. The van der Waals surface area contributed by atoms with Gasteiger partial charge in [-0.3, -0.25) is 38.4 Å². The summed E-state index contributed by atoms with van der Waals surface area (Å²) in [6, 6.07) is 0. The summed E-state index contributed by atoms with van der Waals surface area (Å²) in [6.07, 6.45) is 42.8. The number of hydrogen-bond acceptors (Lipinski definition) is 18. The summed E-state index contributed by atoms with van der Waals surface area (Å²) < 4.78 is 38.6. The van der Waals surface area contributed by atoms with Crippen molar-refractivity contribution in [2.24, 2.45) is 11.8 Å². The van der Waals surface area contributed by atoms with E-state index in [0.29, 0.717) is 12.8 Å². The van der Waals surface area contributed by atoms with Crippen LogP contribution < -0.4 is 0 Å². The minimum absolute atomic E-state index is 0.0584. The van der Waals surface area contributed by atoms with Crippen LogP contribution in [0.25, 0.3) is 0 Å². The second-order valence-corrected chi connectivity index (χ2v) is 17.6. The first-order valence-electron chi connectivity index (χ1n) is 26.5. The van der Waals surface area contributed by atoms with E-state index in [1.165, 1.54) is 27.7 Å². The fraction of sp³-hybridized carbons (Fsp3) is 0.586. The van der Waals surface area contributed by atoms with Gasteiger partial charge in [0.15, 0.2) is 12.2 Å². The van der Waals surface area contributed by atoms with Crippen molar-refractivity contribution in [1.82, 2.24) is 0 Å². The first-order chi connectivity index (χ1) is 36.5. The molecule has 0 bridgehead atoms. The molecular formula is C58H84O18. The number of unbranched alkanes of at least 4 members (excludes halogenated alkanes) is 9. The predicted octanol–water partition coefficient (Wildman–Crippen LogP) is 10.2. The van der Waals surface area contributed by atoms with Crippen LogP contribution in [0.2, 0.25) is 0 Å². The van der Waals surface area contributed by atoms with Crippen molar-refractivity contribution in [1.29, 1.82) is 0 Å². The van der Waals surface area contributed by atoms with E-state index in [1.54, 1.807) is 0 Å². The lowest BCUT2D eigenvalue weighted by Gasteiger charge is -2.17. The molecule has 0 aromatic heterocycles. The van der Waals surface area contributed by atoms with Crippen LogP contribution in [-0.4, -0.2) is 98.3 Å². The van der Waals surface area contributed by atoms with Crippen molar-refractivity contribution >= 4 is 59.7 Å². The quantitative estimate of drug-likeness (QED) is 0.0140. The third kappa shape index (κ3) is 43.7. The molecule has 0 saturated carbocycles. The second kappa shape index (κ2) is 46.8. The second-order valence-electron chi connectivity index (χ2n) is 17.6. The molecule has 0 aromatic rings. The third-order valence-corrected chi connectivity index (χ3v) is 10.7. The molecule has 1 fully saturated rings. The van der Waals surface area contributed by atoms with Crippen LogP contribution in [0.15, 0.2) is 85.1 Å². The first kappa shape index (κ1) is 69.3. The number of rotatable bonds is 37. The van der Waals surface area contributed by atoms with Gasteiger partial charge < -0.3 is 37.9 Å². The van der Waals surface area contributed by atoms with E-state index in [9.17, 15) is 47.9 Å². The molecule has 0 amide bonds. The topological polar surface area (TPSA) is 245 Å². The minimum atomic E-state index is -0.830. The molecule has 2 aliphatic heterocycles. The number of ether oxygens (including phenoxy) is 8. The summed E-state index contributed by atoms with van der Waals surface area (Å²) in [6.45, 7) is 8.64. The van der Waals surface area contributed by atoms with Crippen molar-refractivity contribution in [3.05, 3.63) is 85.1 Å². The van der Waals surface area contributed by atoms with E-state index in [1.807, 2.05) is 24.3 Å². The number of allylic oxidation sites excluding steroid dienone is 12. The molecule has 0 aromatic carbocycles. The fourth-order valence-electron chi connectivity index (χ4n) is 6.97. The van der Waals surface area contributed by atoms with E-state index >= 15 is 0 Å². The lowest BCUT2D eigenvalue weighted by atomic mass is 9.86. The molecule has 2 heterocycles. The van der Waals surface area contributed by atoms with Crippen LogP contribution >= 0.6 is 0 Å². The molecule has 2 aliphatic rings. The first-order valence-corrected chi connectivity index (χ1v) is 26.5. The molecule has 0 radical (unpaired) electrons. The van der Waals surface area contributed by atoms with Crippen molar-refractivity contribution in [2.75, 3.05) is 26.4 Å². The highest BCUT2D eigenvalue weighted by molar-refractivity contribution is 6.05. The maximum atomic E-state index is 12.1. The van der Waals surface area contributed by atoms with Gasteiger partial charge in [-0.25, -0.2) is 9.59 Å². The standard InChI is InChI=1S/C29H42O9.C25H40O6.C4H2O3/c1-4-5-6-7-8-10-13-16-24(26-19-28(33)38-29(26)34)17-14-11-9-12-15-18-27(32)36-21-25(37-23(3)31)20-35-22(2)30;1-4-5-6-7-8-9-10-11-12-13-14-15-16-17-18-19-25(28)30-21-24(31-23(3)27)20-29-22(2)26;5-3-1-2-4(6)7-3/h5-6,8,10,13,16,24-26H,4,7,9,11-12,14-15,17-21H2,1-3H3;5-6,8-9,11-12,24H,4,7,10,13-21H2,1-3H3;1-2H/b6-5+,10-8+,16-13+;6-5+,9-8+,12-11+;. The summed E-state index contributed by atoms with van der Waals surface area (Å²) in [4.78, 5) is 111. The van der Waals surface area contributed by atoms with E-state index in [4.69, 9.17) is 33.2 Å². The average molecular weight is 1070 g/mol. The van der Waals surface area contributed by atoms with Crippen LogP contribution in [-0.2, 0) is 85.8 Å². The molecule has 76 heavy (non-hydrogen) atoms. The van der Waals surface area contributed by atoms with Gasteiger partial charge in [0.05, 0.1) is 12.3 Å². The molecule has 4 atom stereocenters. The predicted molar refractivity (Wildman–Crippen MR) is 283 cm³/mol. The smallest absolute Gasteiger partial charge is 0.338 e. The summed E-state index contributed by atoms with van der Waals surface area (Å²) in [5, 5.41) is 0. The van der Waals surface area contributed by atoms with E-state index in [0.717, 1.165) is 115 Å². The minimum Gasteiger partial charge on any atom is -0.462 e. The third-order valence-electron chi connectivity index (χ3n) is 10.7. The van der Waals surface area contributed by atoms with Gasteiger partial charge in [-0.2, -0.15) is 0 Å². The Morgan fingerprint density at radius 2 is 0.947 bits per heavy atom. The Bertz CT molecular complexity index is 1960. The average Bonchev–Trinajstić information content (AvgIpc) is 3.93. The van der Waals surface area contributed by atoms with E-state index in [2.05, 4.69) is 67.2 Å². The van der Waals surface area contributed by atoms with Crippen molar-refractivity contribution in [2.45, 2.75) is 182 Å². The number of hydrogen-bond donors (Lipinski definition) is 0. The zero-order valence-corrected chi connectivity index (χ0v) is 45.7. The van der Waals surface area contributed by atoms with Gasteiger partial charge in [0.25, 0.3) is 0 Å². The van der Waals surface area contributed by atoms with Crippen LogP contribution in [0, 0.1) is 11.8 Å². The Morgan fingerprint density at radius 3 is 1.38 bits per heavy atom. The largest absolute Gasteiger partial charge is 0.462 e. The summed E-state index contributed by atoms with van der Waals surface area (Å²) in [5.74, 6) is -5.35.